The first kappa shape index (κ1) is 14.7. The van der Waals surface area contributed by atoms with Crippen molar-refractivity contribution in [2.45, 2.75) is 4.90 Å². The molecule has 0 aliphatic carbocycles. The van der Waals surface area contributed by atoms with Gasteiger partial charge in [-0.05, 0) is 23.3 Å². The molecule has 2 rings (SSSR count). The van der Waals surface area contributed by atoms with Crippen LogP contribution in [0.1, 0.15) is 0 Å². The van der Waals surface area contributed by atoms with Gasteiger partial charge in [0.15, 0.2) is 0 Å². The van der Waals surface area contributed by atoms with Gasteiger partial charge in [-0.15, -0.1) is 0 Å². The molecule has 2 aromatic rings. The molecule has 0 unspecified atom stereocenters. The van der Waals surface area contributed by atoms with Crippen molar-refractivity contribution in [3.05, 3.63) is 54.6 Å². The number of nitrogens with zero attached hydrogens (tertiary/aromatic N) is 1. The molecule has 0 radical (unpaired) electrons. The van der Waals surface area contributed by atoms with E-state index in [1.54, 1.807) is 24.3 Å². The molecule has 0 saturated carbocycles. The van der Waals surface area contributed by atoms with Crippen LogP contribution < -0.4 is 0 Å². The summed E-state index contributed by atoms with van der Waals surface area (Å²) in [5.74, 6) is 0. The summed E-state index contributed by atoms with van der Waals surface area (Å²) >= 11 is 0. The summed E-state index contributed by atoms with van der Waals surface area (Å²) in [5, 5.41) is 8.83. The van der Waals surface area contributed by atoms with Gasteiger partial charge in [0.05, 0.1) is 11.5 Å². The minimum atomic E-state index is -3.53. The molecular weight excluding hydrogens is 274 g/mol. The lowest BCUT2D eigenvalue weighted by Crippen LogP contribution is -2.29. The molecule has 1 N–H and O–H groups in total. The molecule has 106 valence electrons. The van der Waals surface area contributed by atoms with Gasteiger partial charge in [0, 0.05) is 13.6 Å². The molecule has 0 aromatic heterocycles. The lowest BCUT2D eigenvalue weighted by Gasteiger charge is -2.16. The molecule has 0 atom stereocenters. The van der Waals surface area contributed by atoms with E-state index >= 15 is 0 Å². The molecule has 0 aliphatic rings. The molecule has 0 amide bonds. The quantitative estimate of drug-likeness (QED) is 0.916. The minimum absolute atomic E-state index is 0.0861. The number of hydrogen-bond donors (Lipinski definition) is 1. The van der Waals surface area contributed by atoms with Gasteiger partial charge in [-0.1, -0.05) is 42.5 Å². The standard InChI is InChI=1S/C15H17NO3S/c1-16(11-12-17)20(18,19)15-9-7-14(8-10-15)13-5-3-2-4-6-13/h2-10,17H,11-12H2,1H3. The SMILES string of the molecule is CN(CCO)S(=O)(=O)c1ccc(-c2ccccc2)cc1. The Morgan fingerprint density at radius 3 is 2.05 bits per heavy atom. The highest BCUT2D eigenvalue weighted by Crippen LogP contribution is 2.22. The van der Waals surface area contributed by atoms with E-state index in [1.165, 1.54) is 7.05 Å². The molecule has 0 saturated heterocycles. The van der Waals surface area contributed by atoms with Crippen molar-refractivity contribution in [1.82, 2.24) is 4.31 Å². The van der Waals surface area contributed by atoms with Crippen molar-refractivity contribution in [3.8, 4) is 11.1 Å². The zero-order valence-electron chi connectivity index (χ0n) is 11.2. The van der Waals surface area contributed by atoms with Crippen molar-refractivity contribution in [2.75, 3.05) is 20.2 Å². The second kappa shape index (κ2) is 6.17. The van der Waals surface area contributed by atoms with Gasteiger partial charge < -0.3 is 5.11 Å². The lowest BCUT2D eigenvalue weighted by molar-refractivity contribution is 0.266. The van der Waals surface area contributed by atoms with Crippen molar-refractivity contribution in [3.63, 3.8) is 0 Å². The van der Waals surface area contributed by atoms with E-state index in [2.05, 4.69) is 0 Å². The Kier molecular flexibility index (Phi) is 4.54. The number of likely N-dealkylation sites (N-methyl/N-ethyl adjacent to an activating group) is 1. The summed E-state index contributed by atoms with van der Waals surface area (Å²) in [7, 11) is -2.07. The number of aliphatic hydroxyl groups is 1. The normalized spacial score (nSPS) is 11.8. The van der Waals surface area contributed by atoms with Crippen LogP contribution in [0.3, 0.4) is 0 Å². The van der Waals surface area contributed by atoms with Crippen LogP contribution in [0.5, 0.6) is 0 Å². The fraction of sp³-hybridized carbons (Fsp3) is 0.200. The Morgan fingerprint density at radius 2 is 1.50 bits per heavy atom. The third-order valence-electron chi connectivity index (χ3n) is 3.08. The number of rotatable bonds is 5. The molecule has 4 nitrogen and oxygen atoms in total. The van der Waals surface area contributed by atoms with Gasteiger partial charge in [0.2, 0.25) is 10.0 Å². The predicted octanol–water partition coefficient (Wildman–Crippen LogP) is 1.97. The second-order valence-corrected chi connectivity index (χ2v) is 6.49. The fourth-order valence-electron chi connectivity index (χ4n) is 1.89. The Balaban J connectivity index is 2.29. The fourth-order valence-corrected chi connectivity index (χ4v) is 3.05. The summed E-state index contributed by atoms with van der Waals surface area (Å²) in [5.41, 5.74) is 2.01. The topological polar surface area (TPSA) is 57.6 Å². The zero-order valence-corrected chi connectivity index (χ0v) is 12.0. The van der Waals surface area contributed by atoms with E-state index < -0.39 is 10.0 Å². The van der Waals surface area contributed by atoms with Gasteiger partial charge >= 0.3 is 0 Å². The van der Waals surface area contributed by atoms with Crippen LogP contribution in [-0.4, -0.2) is 38.0 Å². The van der Waals surface area contributed by atoms with Crippen LogP contribution in [0.25, 0.3) is 11.1 Å². The lowest BCUT2D eigenvalue weighted by atomic mass is 10.1. The van der Waals surface area contributed by atoms with E-state index in [9.17, 15) is 8.42 Å². The van der Waals surface area contributed by atoms with Crippen LogP contribution in [0, 0.1) is 0 Å². The molecule has 0 heterocycles. The smallest absolute Gasteiger partial charge is 0.242 e. The zero-order chi connectivity index (χ0) is 14.6. The summed E-state index contributed by atoms with van der Waals surface area (Å²) in [6.45, 7) is -0.111. The van der Waals surface area contributed by atoms with Crippen LogP contribution in [0.15, 0.2) is 59.5 Å². The van der Waals surface area contributed by atoms with E-state index in [1.807, 2.05) is 30.3 Å². The number of benzene rings is 2. The highest BCUT2D eigenvalue weighted by molar-refractivity contribution is 7.89. The molecule has 0 spiro atoms. The maximum atomic E-state index is 12.2. The average Bonchev–Trinajstić information content (AvgIpc) is 2.48. The summed E-state index contributed by atoms with van der Waals surface area (Å²) in [4.78, 5) is 0.230. The van der Waals surface area contributed by atoms with E-state index in [0.29, 0.717) is 0 Å². The molecule has 0 fully saturated rings. The van der Waals surface area contributed by atoms with Crippen LogP contribution in [-0.2, 0) is 10.0 Å². The third kappa shape index (κ3) is 3.07. The largest absolute Gasteiger partial charge is 0.395 e. The summed E-state index contributed by atoms with van der Waals surface area (Å²) in [6, 6.07) is 16.5. The number of aliphatic hydroxyl groups excluding tert-OH is 1. The maximum absolute atomic E-state index is 12.2. The van der Waals surface area contributed by atoms with Gasteiger partial charge in [-0.25, -0.2) is 8.42 Å². The maximum Gasteiger partial charge on any atom is 0.242 e. The van der Waals surface area contributed by atoms with Gasteiger partial charge in [0.1, 0.15) is 0 Å². The molecule has 0 bridgehead atoms. The van der Waals surface area contributed by atoms with Gasteiger partial charge in [-0.3, -0.25) is 0 Å². The Labute approximate surface area is 119 Å². The molecule has 20 heavy (non-hydrogen) atoms. The molecule has 5 heteroatoms. The third-order valence-corrected chi connectivity index (χ3v) is 4.96. The molecule has 2 aromatic carbocycles. The minimum Gasteiger partial charge on any atom is -0.395 e. The highest BCUT2D eigenvalue weighted by atomic mass is 32.2. The monoisotopic (exact) mass is 291 g/mol. The van der Waals surface area contributed by atoms with Crippen molar-refractivity contribution < 1.29 is 13.5 Å². The summed E-state index contributed by atoms with van der Waals surface area (Å²) < 4.78 is 25.5. The van der Waals surface area contributed by atoms with Crippen molar-refractivity contribution in [2.24, 2.45) is 0 Å². The second-order valence-electron chi connectivity index (χ2n) is 4.44. The van der Waals surface area contributed by atoms with Crippen LogP contribution in [0.2, 0.25) is 0 Å². The van der Waals surface area contributed by atoms with Crippen LogP contribution >= 0.6 is 0 Å². The predicted molar refractivity (Wildman–Crippen MR) is 78.8 cm³/mol. The van der Waals surface area contributed by atoms with Gasteiger partial charge in [-0.2, -0.15) is 4.31 Å². The first-order chi connectivity index (χ1) is 9.55. The van der Waals surface area contributed by atoms with E-state index in [4.69, 9.17) is 5.11 Å². The van der Waals surface area contributed by atoms with Crippen molar-refractivity contribution >= 4 is 10.0 Å². The Morgan fingerprint density at radius 1 is 0.950 bits per heavy atom. The number of hydrogen-bond acceptors (Lipinski definition) is 3. The first-order valence-electron chi connectivity index (χ1n) is 6.28. The number of sulfonamides is 1. The first-order valence-corrected chi connectivity index (χ1v) is 7.72. The molecular formula is C15H17NO3S. The van der Waals surface area contributed by atoms with E-state index in [0.717, 1.165) is 15.4 Å². The summed E-state index contributed by atoms with van der Waals surface area (Å²) in [6.07, 6.45) is 0. The van der Waals surface area contributed by atoms with Crippen molar-refractivity contribution in [1.29, 1.82) is 0 Å². The highest BCUT2D eigenvalue weighted by Gasteiger charge is 2.19. The molecule has 0 aliphatic heterocycles. The Hall–Kier alpha value is -1.69. The van der Waals surface area contributed by atoms with E-state index in [-0.39, 0.29) is 18.0 Å². The average molecular weight is 291 g/mol. The van der Waals surface area contributed by atoms with Gasteiger partial charge in [0.25, 0.3) is 0 Å². The van der Waals surface area contributed by atoms with Crippen LogP contribution in [0.4, 0.5) is 0 Å². The Bertz CT molecular complexity index is 651.